The van der Waals surface area contributed by atoms with Gasteiger partial charge in [0.25, 0.3) is 0 Å². The van der Waals surface area contributed by atoms with Crippen LogP contribution in [-0.2, 0) is 4.79 Å². The van der Waals surface area contributed by atoms with E-state index in [-0.39, 0.29) is 11.9 Å². The van der Waals surface area contributed by atoms with Crippen LogP contribution in [0.4, 0.5) is 0 Å². The van der Waals surface area contributed by atoms with Crippen molar-refractivity contribution in [3.05, 3.63) is 66.2 Å². The number of unbranched alkanes of at least 4 members (excludes halogenated alkanes) is 6. The van der Waals surface area contributed by atoms with Crippen molar-refractivity contribution >= 4 is 11.9 Å². The van der Waals surface area contributed by atoms with E-state index in [4.69, 9.17) is 14.2 Å². The van der Waals surface area contributed by atoms with Crippen molar-refractivity contribution in [3.8, 4) is 17.2 Å². The normalized spacial score (nSPS) is 17.3. The Morgan fingerprint density at radius 2 is 1.34 bits per heavy atom. The molecule has 0 saturated heterocycles. The molecule has 5 heteroatoms. The fourth-order valence-electron chi connectivity index (χ4n) is 4.70. The molecule has 1 fully saturated rings. The SMILES string of the molecule is CCC/C=C/[C@H]1CC[C@H](C(=O)Oc2ccc(OC(=O)c3ccc(OCCCCCCCC)cc3)cc2)CC1. The first-order valence-electron chi connectivity index (χ1n) is 14.5. The summed E-state index contributed by atoms with van der Waals surface area (Å²) >= 11 is 0. The van der Waals surface area contributed by atoms with E-state index < -0.39 is 5.97 Å². The van der Waals surface area contributed by atoms with Crippen LogP contribution in [0.15, 0.2) is 60.7 Å². The van der Waals surface area contributed by atoms with Crippen LogP contribution in [0.1, 0.15) is 101 Å². The van der Waals surface area contributed by atoms with Crippen LogP contribution in [-0.4, -0.2) is 18.5 Å². The number of hydrogen-bond donors (Lipinski definition) is 0. The molecule has 5 nitrogen and oxygen atoms in total. The fourth-order valence-corrected chi connectivity index (χ4v) is 4.70. The van der Waals surface area contributed by atoms with Gasteiger partial charge in [0.05, 0.1) is 18.1 Å². The second-order valence-electron chi connectivity index (χ2n) is 10.3. The number of carbonyl (C=O) groups excluding carboxylic acids is 2. The zero-order chi connectivity index (χ0) is 27.0. The quantitative estimate of drug-likeness (QED) is 0.102. The summed E-state index contributed by atoms with van der Waals surface area (Å²) in [5, 5.41) is 0. The smallest absolute Gasteiger partial charge is 0.343 e. The number of carbonyl (C=O) groups is 2. The minimum Gasteiger partial charge on any atom is -0.494 e. The average molecular weight is 521 g/mol. The van der Waals surface area contributed by atoms with E-state index in [2.05, 4.69) is 26.0 Å². The Bertz CT molecular complexity index is 985. The van der Waals surface area contributed by atoms with E-state index in [1.165, 1.54) is 32.1 Å². The number of allylic oxidation sites excluding steroid dienone is 2. The van der Waals surface area contributed by atoms with Crippen LogP contribution in [0, 0.1) is 11.8 Å². The first-order valence-corrected chi connectivity index (χ1v) is 14.5. The lowest BCUT2D eigenvalue weighted by Crippen LogP contribution is -2.25. The standard InChI is InChI=1S/C33H44O5/c1-3-5-7-8-9-11-25-36-29-19-17-28(18-20-29)33(35)38-31-23-21-30(22-24-31)37-32(34)27-15-13-26(14-16-27)12-10-6-4-2/h10,12,17-24,26-27H,3-9,11,13-16,25H2,1-2H3/b12-10+/t26-,27-. The lowest BCUT2D eigenvalue weighted by atomic mass is 9.82. The molecule has 0 atom stereocenters. The van der Waals surface area contributed by atoms with Crippen LogP contribution in [0.2, 0.25) is 0 Å². The Labute approximate surface area is 228 Å². The molecular formula is C33H44O5. The molecule has 0 aliphatic heterocycles. The van der Waals surface area contributed by atoms with Gasteiger partial charge in [-0.25, -0.2) is 4.79 Å². The van der Waals surface area contributed by atoms with Gasteiger partial charge in [-0.05, 0) is 93.0 Å². The van der Waals surface area contributed by atoms with Crippen LogP contribution < -0.4 is 14.2 Å². The van der Waals surface area contributed by atoms with E-state index in [0.29, 0.717) is 29.6 Å². The van der Waals surface area contributed by atoms with Crippen LogP contribution in [0.5, 0.6) is 17.2 Å². The molecule has 0 aromatic heterocycles. The summed E-state index contributed by atoms with van der Waals surface area (Å²) in [5.41, 5.74) is 0.451. The third-order valence-electron chi connectivity index (χ3n) is 7.08. The zero-order valence-corrected chi connectivity index (χ0v) is 23.2. The van der Waals surface area contributed by atoms with Gasteiger partial charge in [0.2, 0.25) is 0 Å². The fraction of sp³-hybridized carbons (Fsp3) is 0.515. The zero-order valence-electron chi connectivity index (χ0n) is 23.2. The topological polar surface area (TPSA) is 61.8 Å². The molecule has 1 aliphatic rings. The summed E-state index contributed by atoms with van der Waals surface area (Å²) < 4.78 is 16.9. The molecule has 0 heterocycles. The Morgan fingerprint density at radius 1 is 0.737 bits per heavy atom. The average Bonchev–Trinajstić information content (AvgIpc) is 2.94. The van der Waals surface area contributed by atoms with Crippen molar-refractivity contribution in [3.63, 3.8) is 0 Å². The highest BCUT2D eigenvalue weighted by atomic mass is 16.5. The molecule has 1 aliphatic carbocycles. The van der Waals surface area contributed by atoms with Gasteiger partial charge < -0.3 is 14.2 Å². The lowest BCUT2D eigenvalue weighted by molar-refractivity contribution is -0.140. The summed E-state index contributed by atoms with van der Waals surface area (Å²) in [4.78, 5) is 25.1. The Balaban J connectivity index is 1.38. The van der Waals surface area contributed by atoms with Crippen LogP contribution in [0.25, 0.3) is 0 Å². The predicted octanol–water partition coefficient (Wildman–Crippen LogP) is 8.71. The van der Waals surface area contributed by atoms with E-state index >= 15 is 0 Å². The molecule has 206 valence electrons. The Hall–Kier alpha value is -3.08. The van der Waals surface area contributed by atoms with Crippen molar-refractivity contribution in [2.24, 2.45) is 11.8 Å². The van der Waals surface area contributed by atoms with Gasteiger partial charge in [-0.1, -0.05) is 64.5 Å². The first-order chi connectivity index (χ1) is 18.6. The third kappa shape index (κ3) is 10.4. The number of ether oxygens (including phenoxy) is 3. The van der Waals surface area contributed by atoms with E-state index in [0.717, 1.165) is 50.7 Å². The monoisotopic (exact) mass is 520 g/mol. The Morgan fingerprint density at radius 3 is 2.00 bits per heavy atom. The molecule has 38 heavy (non-hydrogen) atoms. The third-order valence-corrected chi connectivity index (χ3v) is 7.08. The number of benzene rings is 2. The van der Waals surface area contributed by atoms with Gasteiger partial charge >= 0.3 is 11.9 Å². The maximum absolute atomic E-state index is 12.6. The highest BCUT2D eigenvalue weighted by Gasteiger charge is 2.26. The highest BCUT2D eigenvalue weighted by Crippen LogP contribution is 2.31. The number of rotatable bonds is 15. The largest absolute Gasteiger partial charge is 0.494 e. The first kappa shape index (κ1) is 29.5. The summed E-state index contributed by atoms with van der Waals surface area (Å²) in [5.74, 6) is 1.52. The molecule has 2 aromatic rings. The molecule has 2 aromatic carbocycles. The van der Waals surface area contributed by atoms with Gasteiger partial charge in [-0.2, -0.15) is 0 Å². The van der Waals surface area contributed by atoms with Gasteiger partial charge in [-0.3, -0.25) is 4.79 Å². The summed E-state index contributed by atoms with van der Waals surface area (Å²) in [6, 6.07) is 13.6. The highest BCUT2D eigenvalue weighted by molar-refractivity contribution is 5.91. The van der Waals surface area contributed by atoms with Gasteiger partial charge in [0.15, 0.2) is 0 Å². The summed E-state index contributed by atoms with van der Waals surface area (Å²) in [6.07, 6.45) is 18.0. The molecule has 1 saturated carbocycles. The maximum atomic E-state index is 12.6. The van der Waals surface area contributed by atoms with E-state index in [1.54, 1.807) is 48.5 Å². The Kier molecular flexibility index (Phi) is 13.0. The summed E-state index contributed by atoms with van der Waals surface area (Å²) in [7, 11) is 0. The van der Waals surface area contributed by atoms with Gasteiger partial charge in [0.1, 0.15) is 17.2 Å². The van der Waals surface area contributed by atoms with Gasteiger partial charge in [-0.15, -0.1) is 0 Å². The molecule has 0 N–H and O–H groups in total. The molecule has 0 amide bonds. The second kappa shape index (κ2) is 16.7. The number of esters is 2. The molecular weight excluding hydrogens is 476 g/mol. The number of hydrogen-bond acceptors (Lipinski definition) is 5. The molecule has 0 radical (unpaired) electrons. The minimum absolute atomic E-state index is 0.0546. The molecule has 0 spiro atoms. The minimum atomic E-state index is -0.443. The molecule has 0 unspecified atom stereocenters. The summed E-state index contributed by atoms with van der Waals surface area (Å²) in [6.45, 7) is 5.09. The van der Waals surface area contributed by atoms with Crippen molar-refractivity contribution < 1.29 is 23.8 Å². The molecule has 3 rings (SSSR count). The van der Waals surface area contributed by atoms with Crippen molar-refractivity contribution in [1.29, 1.82) is 0 Å². The predicted molar refractivity (Wildman–Crippen MR) is 152 cm³/mol. The van der Waals surface area contributed by atoms with E-state index in [1.807, 2.05) is 0 Å². The molecule has 0 bridgehead atoms. The van der Waals surface area contributed by atoms with Crippen molar-refractivity contribution in [2.45, 2.75) is 90.9 Å². The van der Waals surface area contributed by atoms with Gasteiger partial charge in [0, 0.05) is 0 Å². The van der Waals surface area contributed by atoms with Crippen molar-refractivity contribution in [2.75, 3.05) is 6.61 Å². The lowest BCUT2D eigenvalue weighted by Gasteiger charge is -2.25. The second-order valence-corrected chi connectivity index (χ2v) is 10.3. The van der Waals surface area contributed by atoms with Crippen LogP contribution >= 0.6 is 0 Å². The van der Waals surface area contributed by atoms with Crippen molar-refractivity contribution in [1.82, 2.24) is 0 Å². The van der Waals surface area contributed by atoms with Crippen LogP contribution in [0.3, 0.4) is 0 Å². The maximum Gasteiger partial charge on any atom is 0.343 e. The van der Waals surface area contributed by atoms with E-state index in [9.17, 15) is 9.59 Å².